The summed E-state index contributed by atoms with van der Waals surface area (Å²) in [7, 11) is 0. The van der Waals surface area contributed by atoms with E-state index >= 15 is 0 Å². The van der Waals surface area contributed by atoms with Gasteiger partial charge in [-0.25, -0.2) is 0 Å². The van der Waals surface area contributed by atoms with Crippen LogP contribution < -0.4 is 4.74 Å². The lowest BCUT2D eigenvalue weighted by Gasteiger charge is -2.28. The van der Waals surface area contributed by atoms with Gasteiger partial charge in [-0.1, -0.05) is 11.6 Å². The fraction of sp³-hybridized carbons (Fsp3) is 0.500. The summed E-state index contributed by atoms with van der Waals surface area (Å²) in [4.78, 5) is 0. The first-order valence-electron chi connectivity index (χ1n) is 5.74. The molecular formula is C12H8Cl2F6O. The highest BCUT2D eigenvalue weighted by Crippen LogP contribution is 2.52. The molecule has 0 fully saturated rings. The van der Waals surface area contributed by atoms with Crippen molar-refractivity contribution in [3.05, 3.63) is 28.3 Å². The molecule has 1 heterocycles. The lowest BCUT2D eigenvalue weighted by molar-refractivity contribution is -0.284. The van der Waals surface area contributed by atoms with E-state index < -0.39 is 29.2 Å². The molecule has 1 atom stereocenters. The van der Waals surface area contributed by atoms with Gasteiger partial charge < -0.3 is 4.74 Å². The first-order chi connectivity index (χ1) is 9.51. The monoisotopic (exact) mass is 352 g/mol. The molecule has 0 N–H and O–H groups in total. The number of fused-ring (bicyclic) bond motifs is 1. The van der Waals surface area contributed by atoms with Crippen molar-refractivity contribution in [2.45, 2.75) is 24.2 Å². The van der Waals surface area contributed by atoms with Crippen LogP contribution in [0.25, 0.3) is 0 Å². The summed E-state index contributed by atoms with van der Waals surface area (Å²) in [6, 6.07) is 2.42. The van der Waals surface area contributed by atoms with Crippen LogP contribution in [-0.4, -0.2) is 19.0 Å². The Morgan fingerprint density at radius 3 is 2.14 bits per heavy atom. The third-order valence-corrected chi connectivity index (χ3v) is 3.78. The highest BCUT2D eigenvalue weighted by Gasteiger charge is 2.60. The maximum absolute atomic E-state index is 12.7. The standard InChI is InChI=1S/C12H8Cl2F6O/c13-6-3-5-1-2-21-9(5)7(4-6)8(14)10(11(15,16)17)12(18,19)20/h3-4,8,10H,1-2H2. The highest BCUT2D eigenvalue weighted by atomic mass is 35.5. The van der Waals surface area contributed by atoms with E-state index in [-0.39, 0.29) is 17.4 Å². The Kier molecular flexibility index (Phi) is 4.28. The Balaban J connectivity index is 2.50. The van der Waals surface area contributed by atoms with Gasteiger partial charge in [0.05, 0.1) is 12.0 Å². The van der Waals surface area contributed by atoms with Crippen LogP contribution in [0.4, 0.5) is 26.3 Å². The van der Waals surface area contributed by atoms with Gasteiger partial charge in [-0.2, -0.15) is 26.3 Å². The van der Waals surface area contributed by atoms with Crippen molar-refractivity contribution < 1.29 is 31.1 Å². The summed E-state index contributed by atoms with van der Waals surface area (Å²) in [6.07, 6.45) is -10.7. The molecule has 1 aromatic rings. The Bertz CT molecular complexity index is 526. The first kappa shape index (κ1) is 16.5. The molecule has 9 heteroatoms. The van der Waals surface area contributed by atoms with Crippen molar-refractivity contribution >= 4 is 23.2 Å². The Morgan fingerprint density at radius 1 is 1.05 bits per heavy atom. The second-order valence-electron chi connectivity index (χ2n) is 4.54. The zero-order valence-corrected chi connectivity index (χ0v) is 11.7. The molecule has 0 aromatic heterocycles. The molecule has 1 aliphatic rings. The third kappa shape index (κ3) is 3.34. The second kappa shape index (κ2) is 5.43. The Hall–Kier alpha value is -0.820. The zero-order chi connectivity index (χ0) is 16.0. The third-order valence-electron chi connectivity index (χ3n) is 3.07. The summed E-state index contributed by atoms with van der Waals surface area (Å²) in [5, 5.41) is -2.35. The smallest absolute Gasteiger partial charge is 0.402 e. The van der Waals surface area contributed by atoms with Crippen molar-refractivity contribution in [2.24, 2.45) is 5.92 Å². The average Bonchev–Trinajstić information content (AvgIpc) is 2.71. The van der Waals surface area contributed by atoms with E-state index in [2.05, 4.69) is 0 Å². The number of alkyl halides is 7. The summed E-state index contributed by atoms with van der Waals surface area (Å²) in [5.74, 6) is -3.74. The van der Waals surface area contributed by atoms with Crippen LogP contribution in [0.5, 0.6) is 5.75 Å². The van der Waals surface area contributed by atoms with Crippen LogP contribution in [0.3, 0.4) is 0 Å². The van der Waals surface area contributed by atoms with E-state index in [1.165, 1.54) is 6.07 Å². The van der Waals surface area contributed by atoms with Gasteiger partial charge in [0, 0.05) is 17.0 Å². The van der Waals surface area contributed by atoms with Gasteiger partial charge in [0.25, 0.3) is 0 Å². The molecule has 0 aliphatic carbocycles. The van der Waals surface area contributed by atoms with Gasteiger partial charge in [0.2, 0.25) is 0 Å². The molecule has 1 unspecified atom stereocenters. The van der Waals surface area contributed by atoms with Gasteiger partial charge >= 0.3 is 12.4 Å². The van der Waals surface area contributed by atoms with Crippen molar-refractivity contribution in [1.29, 1.82) is 0 Å². The molecule has 1 aliphatic heterocycles. The van der Waals surface area contributed by atoms with E-state index in [0.717, 1.165) is 6.07 Å². The molecule has 0 saturated carbocycles. The maximum Gasteiger partial charge on any atom is 0.402 e. The van der Waals surface area contributed by atoms with Crippen LogP contribution in [0.2, 0.25) is 5.02 Å². The minimum Gasteiger partial charge on any atom is -0.493 e. The van der Waals surface area contributed by atoms with Gasteiger partial charge in [-0.3, -0.25) is 0 Å². The van der Waals surface area contributed by atoms with Gasteiger partial charge in [0.1, 0.15) is 5.75 Å². The lowest BCUT2D eigenvalue weighted by atomic mass is 9.95. The summed E-state index contributed by atoms with van der Waals surface area (Å²) < 4.78 is 81.5. The fourth-order valence-electron chi connectivity index (χ4n) is 2.20. The summed E-state index contributed by atoms with van der Waals surface area (Å²) >= 11 is 11.2. The second-order valence-corrected chi connectivity index (χ2v) is 5.45. The minimum atomic E-state index is -5.53. The van der Waals surface area contributed by atoms with Crippen molar-refractivity contribution in [3.63, 3.8) is 0 Å². The van der Waals surface area contributed by atoms with Crippen LogP contribution in [0.1, 0.15) is 16.5 Å². The fourth-order valence-corrected chi connectivity index (χ4v) is 2.90. The largest absolute Gasteiger partial charge is 0.493 e. The highest BCUT2D eigenvalue weighted by molar-refractivity contribution is 6.31. The maximum atomic E-state index is 12.7. The number of hydrogen-bond donors (Lipinski definition) is 0. The molecule has 1 nitrogen and oxygen atoms in total. The predicted octanol–water partition coefficient (Wildman–Crippen LogP) is 5.30. The number of hydrogen-bond acceptors (Lipinski definition) is 1. The SMILES string of the molecule is FC(F)(F)C(C(Cl)c1cc(Cl)cc2c1OCC2)C(F)(F)F. The van der Waals surface area contributed by atoms with Gasteiger partial charge in [-0.05, 0) is 17.7 Å². The number of benzene rings is 1. The van der Waals surface area contributed by atoms with Gasteiger partial charge in [-0.15, -0.1) is 11.6 Å². The topological polar surface area (TPSA) is 9.23 Å². The van der Waals surface area contributed by atoms with Gasteiger partial charge in [0.15, 0.2) is 5.92 Å². The van der Waals surface area contributed by atoms with E-state index in [0.29, 0.717) is 12.0 Å². The molecule has 0 saturated heterocycles. The number of halogens is 8. The van der Waals surface area contributed by atoms with Crippen LogP contribution in [0.15, 0.2) is 12.1 Å². The molecule has 0 spiro atoms. The molecule has 21 heavy (non-hydrogen) atoms. The molecule has 0 radical (unpaired) electrons. The first-order valence-corrected chi connectivity index (χ1v) is 6.56. The number of rotatable bonds is 2. The van der Waals surface area contributed by atoms with Crippen LogP contribution in [0, 0.1) is 5.92 Å². The summed E-state index contributed by atoms with van der Waals surface area (Å²) in [5.41, 5.74) is 0.0579. The lowest BCUT2D eigenvalue weighted by Crippen LogP contribution is -2.39. The molecule has 0 bridgehead atoms. The van der Waals surface area contributed by atoms with E-state index in [1.807, 2.05) is 0 Å². The molecule has 1 aromatic carbocycles. The van der Waals surface area contributed by atoms with E-state index in [4.69, 9.17) is 27.9 Å². The van der Waals surface area contributed by atoms with Crippen LogP contribution >= 0.6 is 23.2 Å². The molecule has 2 rings (SSSR count). The Labute approximate surface area is 125 Å². The normalized spacial score (nSPS) is 16.8. The molecule has 0 amide bonds. The molecule has 118 valence electrons. The van der Waals surface area contributed by atoms with E-state index in [9.17, 15) is 26.3 Å². The summed E-state index contributed by atoms with van der Waals surface area (Å²) in [6.45, 7) is 0.162. The minimum absolute atomic E-state index is 0.0167. The number of ether oxygens (including phenoxy) is 1. The van der Waals surface area contributed by atoms with Crippen molar-refractivity contribution in [3.8, 4) is 5.75 Å². The quantitative estimate of drug-likeness (QED) is 0.518. The Morgan fingerprint density at radius 2 is 1.62 bits per heavy atom. The molecular weight excluding hydrogens is 345 g/mol. The van der Waals surface area contributed by atoms with Crippen molar-refractivity contribution in [1.82, 2.24) is 0 Å². The van der Waals surface area contributed by atoms with E-state index in [1.54, 1.807) is 0 Å². The van der Waals surface area contributed by atoms with Crippen molar-refractivity contribution in [2.75, 3.05) is 6.61 Å². The predicted molar refractivity (Wildman–Crippen MR) is 64.8 cm³/mol. The van der Waals surface area contributed by atoms with Crippen LogP contribution in [-0.2, 0) is 6.42 Å². The zero-order valence-electron chi connectivity index (χ0n) is 10.2. The average molecular weight is 353 g/mol.